The number of amides is 1. The van der Waals surface area contributed by atoms with Crippen LogP contribution >= 0.6 is 24.0 Å². The van der Waals surface area contributed by atoms with E-state index < -0.39 is 0 Å². The maximum Gasteiger partial charge on any atom is 0.251 e. The zero-order valence-electron chi connectivity index (χ0n) is 17.8. The molecule has 0 saturated carbocycles. The Balaban J connectivity index is 0.00000420. The van der Waals surface area contributed by atoms with Gasteiger partial charge < -0.3 is 16.0 Å². The van der Waals surface area contributed by atoms with Crippen molar-refractivity contribution in [2.75, 3.05) is 27.2 Å². The van der Waals surface area contributed by atoms with Gasteiger partial charge in [0.1, 0.15) is 0 Å². The molecule has 2 rings (SSSR count). The van der Waals surface area contributed by atoms with Crippen molar-refractivity contribution in [3.05, 3.63) is 71.3 Å². The van der Waals surface area contributed by atoms with Crippen molar-refractivity contribution in [1.82, 2.24) is 16.0 Å². The van der Waals surface area contributed by atoms with Crippen molar-refractivity contribution >= 4 is 35.8 Å². The molecule has 0 radical (unpaired) electrons. The van der Waals surface area contributed by atoms with Crippen LogP contribution in [0.3, 0.4) is 0 Å². The van der Waals surface area contributed by atoms with Crippen LogP contribution in [-0.2, 0) is 12.8 Å². The third-order valence-electron chi connectivity index (χ3n) is 4.61. The standard InChI is InChI=1S/C23H32N4O.HI/c1-23(2,16-19-9-6-5-7-10-19)17-27-22(25-4)26-14-13-18-11-8-12-20(15-18)21(28)24-3;/h5-12,15H,13-14,16-17H2,1-4H3,(H,24,28)(H2,25,26,27);1H. The van der Waals surface area contributed by atoms with Crippen molar-refractivity contribution in [3.8, 4) is 0 Å². The molecule has 1 amide bonds. The van der Waals surface area contributed by atoms with Crippen LogP contribution in [-0.4, -0.2) is 39.1 Å². The number of benzene rings is 2. The average molecular weight is 508 g/mol. The molecule has 0 heterocycles. The fraction of sp³-hybridized carbons (Fsp3) is 0.391. The summed E-state index contributed by atoms with van der Waals surface area (Å²) >= 11 is 0. The largest absolute Gasteiger partial charge is 0.356 e. The Hall–Kier alpha value is -2.09. The minimum atomic E-state index is -0.0621. The molecule has 5 nitrogen and oxygen atoms in total. The van der Waals surface area contributed by atoms with Gasteiger partial charge in [-0.1, -0.05) is 56.3 Å². The van der Waals surface area contributed by atoms with Gasteiger partial charge in [0.25, 0.3) is 5.91 Å². The van der Waals surface area contributed by atoms with Crippen LogP contribution in [0.5, 0.6) is 0 Å². The second kappa shape index (κ2) is 12.5. The SMILES string of the molecule is CN=C(NCCc1cccc(C(=O)NC)c1)NCC(C)(C)Cc1ccccc1.I. The summed E-state index contributed by atoms with van der Waals surface area (Å²) in [6, 6.07) is 18.3. The van der Waals surface area contributed by atoms with Gasteiger partial charge in [-0.15, -0.1) is 24.0 Å². The number of carbonyl (C=O) groups is 1. The third kappa shape index (κ3) is 8.85. The molecule has 0 spiro atoms. The van der Waals surface area contributed by atoms with Crippen molar-refractivity contribution in [3.63, 3.8) is 0 Å². The second-order valence-electron chi connectivity index (χ2n) is 7.71. The maximum absolute atomic E-state index is 11.7. The van der Waals surface area contributed by atoms with E-state index >= 15 is 0 Å². The first kappa shape index (κ1) is 24.9. The molecule has 0 aliphatic carbocycles. The monoisotopic (exact) mass is 508 g/mol. The van der Waals surface area contributed by atoms with Crippen LogP contribution in [0.1, 0.15) is 35.3 Å². The minimum absolute atomic E-state index is 0. The molecule has 0 saturated heterocycles. The highest BCUT2D eigenvalue weighted by molar-refractivity contribution is 14.0. The molecule has 2 aromatic carbocycles. The predicted octanol–water partition coefficient (Wildman–Crippen LogP) is 3.64. The lowest BCUT2D eigenvalue weighted by atomic mass is 9.86. The molecule has 0 fully saturated rings. The summed E-state index contributed by atoms with van der Waals surface area (Å²) in [7, 11) is 3.43. The molecule has 2 aromatic rings. The van der Waals surface area contributed by atoms with Crippen LogP contribution in [0, 0.1) is 5.41 Å². The molecule has 0 atom stereocenters. The molecule has 0 aliphatic rings. The summed E-state index contributed by atoms with van der Waals surface area (Å²) in [5.74, 6) is 0.733. The highest BCUT2D eigenvalue weighted by Crippen LogP contribution is 2.20. The van der Waals surface area contributed by atoms with Gasteiger partial charge in [-0.3, -0.25) is 9.79 Å². The first-order chi connectivity index (χ1) is 13.4. The van der Waals surface area contributed by atoms with E-state index in [-0.39, 0.29) is 35.3 Å². The van der Waals surface area contributed by atoms with Crippen LogP contribution < -0.4 is 16.0 Å². The van der Waals surface area contributed by atoms with Crippen molar-refractivity contribution in [1.29, 1.82) is 0 Å². The number of nitrogens with one attached hydrogen (secondary N) is 3. The van der Waals surface area contributed by atoms with E-state index in [9.17, 15) is 4.79 Å². The fourth-order valence-electron chi connectivity index (χ4n) is 3.09. The summed E-state index contributed by atoms with van der Waals surface area (Å²) < 4.78 is 0. The highest BCUT2D eigenvalue weighted by atomic mass is 127. The van der Waals surface area contributed by atoms with E-state index in [0.29, 0.717) is 5.56 Å². The second-order valence-corrected chi connectivity index (χ2v) is 7.71. The molecule has 3 N–H and O–H groups in total. The summed E-state index contributed by atoms with van der Waals surface area (Å²) in [6.07, 6.45) is 1.82. The first-order valence-electron chi connectivity index (χ1n) is 9.73. The average Bonchev–Trinajstić information content (AvgIpc) is 2.70. The smallest absolute Gasteiger partial charge is 0.251 e. The van der Waals surface area contributed by atoms with Gasteiger partial charge in [0, 0.05) is 32.7 Å². The molecule has 29 heavy (non-hydrogen) atoms. The Labute approximate surface area is 191 Å². The van der Waals surface area contributed by atoms with Gasteiger partial charge in [-0.05, 0) is 41.5 Å². The van der Waals surface area contributed by atoms with Gasteiger partial charge in [-0.25, -0.2) is 0 Å². The van der Waals surface area contributed by atoms with Crippen molar-refractivity contribution in [2.45, 2.75) is 26.7 Å². The Morgan fingerprint density at radius 3 is 2.34 bits per heavy atom. The first-order valence-corrected chi connectivity index (χ1v) is 9.73. The number of nitrogens with zero attached hydrogens (tertiary/aromatic N) is 1. The molecule has 6 heteroatoms. The number of aliphatic imine (C=N–C) groups is 1. The Morgan fingerprint density at radius 1 is 1.00 bits per heavy atom. The molecule has 0 unspecified atom stereocenters. The molecule has 158 valence electrons. The van der Waals surface area contributed by atoms with Crippen molar-refractivity contribution in [2.24, 2.45) is 10.4 Å². The van der Waals surface area contributed by atoms with Crippen molar-refractivity contribution < 1.29 is 4.79 Å². The number of hydrogen-bond donors (Lipinski definition) is 3. The number of guanidine groups is 1. The van der Waals surface area contributed by atoms with Gasteiger partial charge in [-0.2, -0.15) is 0 Å². The van der Waals surface area contributed by atoms with Gasteiger partial charge in [0.15, 0.2) is 5.96 Å². The van der Waals surface area contributed by atoms with Gasteiger partial charge in [0.05, 0.1) is 0 Å². The lowest BCUT2D eigenvalue weighted by molar-refractivity contribution is 0.0963. The lowest BCUT2D eigenvalue weighted by Gasteiger charge is -2.26. The summed E-state index contributed by atoms with van der Waals surface area (Å²) in [5, 5.41) is 9.44. The molecular formula is C23H33IN4O. The number of hydrogen-bond acceptors (Lipinski definition) is 2. The van der Waals surface area contributed by atoms with Gasteiger partial charge in [0.2, 0.25) is 0 Å². The fourth-order valence-corrected chi connectivity index (χ4v) is 3.09. The van der Waals surface area contributed by atoms with Gasteiger partial charge >= 0.3 is 0 Å². The van der Waals surface area contributed by atoms with E-state index in [0.717, 1.165) is 37.5 Å². The zero-order valence-corrected chi connectivity index (χ0v) is 20.1. The van der Waals surface area contributed by atoms with Crippen LogP contribution in [0.15, 0.2) is 59.6 Å². The molecule has 0 aliphatic heterocycles. The normalized spacial score (nSPS) is 11.4. The Morgan fingerprint density at radius 2 is 1.69 bits per heavy atom. The Bertz CT molecular complexity index is 790. The predicted molar refractivity (Wildman–Crippen MR) is 132 cm³/mol. The number of carbonyl (C=O) groups excluding carboxylic acids is 1. The highest BCUT2D eigenvalue weighted by Gasteiger charge is 2.19. The van der Waals surface area contributed by atoms with E-state index in [2.05, 4.69) is 59.1 Å². The van der Waals surface area contributed by atoms with Crippen LogP contribution in [0.2, 0.25) is 0 Å². The molecular weight excluding hydrogens is 475 g/mol. The topological polar surface area (TPSA) is 65.5 Å². The van der Waals surface area contributed by atoms with Crippen LogP contribution in [0.25, 0.3) is 0 Å². The molecule has 0 bridgehead atoms. The van der Waals surface area contributed by atoms with E-state index in [1.54, 1.807) is 14.1 Å². The zero-order chi connectivity index (χ0) is 20.4. The van der Waals surface area contributed by atoms with E-state index in [4.69, 9.17) is 0 Å². The summed E-state index contributed by atoms with van der Waals surface area (Å²) in [4.78, 5) is 16.1. The Kier molecular flexibility index (Phi) is 10.7. The van der Waals surface area contributed by atoms with Crippen LogP contribution in [0.4, 0.5) is 0 Å². The summed E-state index contributed by atoms with van der Waals surface area (Å²) in [5.41, 5.74) is 3.26. The maximum atomic E-state index is 11.7. The third-order valence-corrected chi connectivity index (χ3v) is 4.61. The lowest BCUT2D eigenvalue weighted by Crippen LogP contribution is -2.43. The molecule has 0 aromatic heterocycles. The van der Waals surface area contributed by atoms with E-state index in [1.807, 2.05) is 30.3 Å². The number of rotatable bonds is 8. The van der Waals surface area contributed by atoms with E-state index in [1.165, 1.54) is 5.56 Å². The summed E-state index contributed by atoms with van der Waals surface area (Å²) in [6.45, 7) is 6.08. The minimum Gasteiger partial charge on any atom is -0.356 e. The number of halogens is 1. The quantitative estimate of drug-likeness (QED) is 0.290.